The van der Waals surface area contributed by atoms with Crippen molar-refractivity contribution in [3.8, 4) is 5.75 Å². The largest absolute Gasteiger partial charge is 0.489 e. The Hall–Kier alpha value is -3.68. The molecule has 5 N–H and O–H groups in total. The molecular weight excluding hydrogens is 384 g/mol. The van der Waals surface area contributed by atoms with Gasteiger partial charge in [0.25, 0.3) is 0 Å². The van der Waals surface area contributed by atoms with Gasteiger partial charge in [0.1, 0.15) is 18.5 Å². The molecule has 0 bridgehead atoms. The number of ketones is 2. The van der Waals surface area contributed by atoms with Crippen LogP contribution >= 0.6 is 0 Å². The van der Waals surface area contributed by atoms with Crippen LogP contribution in [0.5, 0.6) is 5.75 Å². The van der Waals surface area contributed by atoms with Crippen LogP contribution in [-0.2, 0) is 0 Å². The molecule has 1 unspecified atom stereocenters. The van der Waals surface area contributed by atoms with Crippen molar-refractivity contribution in [1.29, 1.82) is 0 Å². The maximum Gasteiger partial charge on any atom is 0.196 e. The van der Waals surface area contributed by atoms with Gasteiger partial charge in [-0.15, -0.1) is 0 Å². The fraction of sp³-hybridized carbons (Fsp3) is 0.130. The molecule has 1 aliphatic carbocycles. The molecule has 0 spiro atoms. The number of nitrogen functional groups attached to an aromatic ring is 1. The third kappa shape index (κ3) is 3.41. The predicted molar refractivity (Wildman–Crippen MR) is 112 cm³/mol. The maximum absolute atomic E-state index is 13.3. The van der Waals surface area contributed by atoms with Gasteiger partial charge in [0.05, 0.1) is 29.1 Å². The second-order valence-electron chi connectivity index (χ2n) is 6.93. The average molecular weight is 404 g/mol. The number of aliphatic hydroxyl groups excluding tert-OH is 2. The molecule has 0 saturated heterocycles. The van der Waals surface area contributed by atoms with E-state index in [1.807, 2.05) is 30.3 Å². The lowest BCUT2D eigenvalue weighted by Gasteiger charge is -2.24. The molecule has 3 aromatic rings. The first-order chi connectivity index (χ1) is 14.5. The lowest BCUT2D eigenvalue weighted by Crippen LogP contribution is -2.25. The van der Waals surface area contributed by atoms with Crippen molar-refractivity contribution >= 4 is 28.6 Å². The number of carbonyl (C=O) groups excluding carboxylic acids is 2. The molecule has 0 saturated carbocycles. The fourth-order valence-electron chi connectivity index (χ4n) is 3.43. The number of nitrogens with one attached hydrogen (secondary N) is 1. The molecule has 7 nitrogen and oxygen atoms in total. The Morgan fingerprint density at radius 2 is 1.53 bits per heavy atom. The number of para-hydroxylation sites is 1. The number of hydrogen-bond acceptors (Lipinski definition) is 7. The van der Waals surface area contributed by atoms with Crippen LogP contribution < -0.4 is 15.8 Å². The van der Waals surface area contributed by atoms with Gasteiger partial charge >= 0.3 is 0 Å². The first-order valence-corrected chi connectivity index (χ1v) is 9.40. The summed E-state index contributed by atoms with van der Waals surface area (Å²) in [5.74, 6) is -0.547. The highest BCUT2D eigenvalue weighted by Crippen LogP contribution is 2.41. The minimum absolute atomic E-state index is 0.0154. The van der Waals surface area contributed by atoms with E-state index < -0.39 is 12.7 Å². The average Bonchev–Trinajstić information content (AvgIpc) is 2.77. The Balaban J connectivity index is 1.88. The van der Waals surface area contributed by atoms with E-state index in [1.54, 1.807) is 24.3 Å². The highest BCUT2D eigenvalue weighted by Gasteiger charge is 2.35. The van der Waals surface area contributed by atoms with Crippen molar-refractivity contribution in [2.75, 3.05) is 24.3 Å². The monoisotopic (exact) mass is 404 g/mol. The molecule has 0 heterocycles. The van der Waals surface area contributed by atoms with E-state index >= 15 is 0 Å². The van der Waals surface area contributed by atoms with Crippen LogP contribution in [0.2, 0.25) is 0 Å². The third-order valence-corrected chi connectivity index (χ3v) is 4.89. The highest BCUT2D eigenvalue weighted by atomic mass is 16.5. The van der Waals surface area contributed by atoms with E-state index in [2.05, 4.69) is 5.32 Å². The van der Waals surface area contributed by atoms with E-state index in [9.17, 15) is 14.7 Å². The second-order valence-corrected chi connectivity index (χ2v) is 6.93. The Kier molecular flexibility index (Phi) is 5.22. The van der Waals surface area contributed by atoms with E-state index in [4.69, 9.17) is 15.6 Å². The molecule has 0 aromatic heterocycles. The zero-order valence-corrected chi connectivity index (χ0v) is 16.0. The minimum atomic E-state index is -1.11. The van der Waals surface area contributed by atoms with Crippen molar-refractivity contribution in [3.05, 3.63) is 82.9 Å². The molecule has 0 fully saturated rings. The van der Waals surface area contributed by atoms with Gasteiger partial charge in [-0.3, -0.25) is 9.59 Å². The molecule has 0 amide bonds. The maximum atomic E-state index is 13.3. The normalized spacial score (nSPS) is 13.4. The quantitative estimate of drug-likeness (QED) is 0.364. The number of benzene rings is 3. The molecule has 0 aliphatic heterocycles. The number of rotatable bonds is 6. The van der Waals surface area contributed by atoms with Gasteiger partial charge in [-0.1, -0.05) is 42.5 Å². The first-order valence-electron chi connectivity index (χ1n) is 9.40. The second kappa shape index (κ2) is 7.98. The molecule has 152 valence electrons. The van der Waals surface area contributed by atoms with Gasteiger partial charge in [-0.05, 0) is 12.1 Å². The van der Waals surface area contributed by atoms with Gasteiger partial charge in [0.15, 0.2) is 11.6 Å². The number of hydrogen-bond donors (Lipinski definition) is 4. The minimum Gasteiger partial charge on any atom is -0.489 e. The van der Waals surface area contributed by atoms with Gasteiger partial charge in [-0.2, -0.15) is 0 Å². The number of aliphatic hydroxyl groups is 2. The summed E-state index contributed by atoms with van der Waals surface area (Å²) in [5.41, 5.74) is 8.16. The topological polar surface area (TPSA) is 122 Å². The SMILES string of the molecule is Nc1c(OCC(O)CO)cc(Nc2ccccc2)c2c1C(=O)c1ccccc1C2=O. The van der Waals surface area contributed by atoms with E-state index in [0.717, 1.165) is 0 Å². The van der Waals surface area contributed by atoms with Crippen LogP contribution in [0, 0.1) is 0 Å². The summed E-state index contributed by atoms with van der Waals surface area (Å²) in [6, 6.07) is 17.3. The lowest BCUT2D eigenvalue weighted by molar-refractivity contribution is 0.0538. The summed E-state index contributed by atoms with van der Waals surface area (Å²) < 4.78 is 5.57. The summed E-state index contributed by atoms with van der Waals surface area (Å²) in [5, 5.41) is 21.8. The predicted octanol–water partition coefficient (Wildman–Crippen LogP) is 2.52. The Bertz CT molecular complexity index is 1130. The Morgan fingerprint density at radius 1 is 0.933 bits per heavy atom. The first kappa shape index (κ1) is 19.6. The van der Waals surface area contributed by atoms with E-state index in [0.29, 0.717) is 16.9 Å². The molecule has 7 heteroatoms. The molecule has 1 aliphatic rings. The number of anilines is 3. The Morgan fingerprint density at radius 3 is 2.17 bits per heavy atom. The number of ether oxygens (including phenoxy) is 1. The van der Waals surface area contributed by atoms with Gasteiger partial charge in [0.2, 0.25) is 0 Å². The summed E-state index contributed by atoms with van der Waals surface area (Å²) >= 11 is 0. The molecule has 3 aromatic carbocycles. The van der Waals surface area contributed by atoms with Crippen molar-refractivity contribution < 1.29 is 24.5 Å². The van der Waals surface area contributed by atoms with Crippen LogP contribution in [0.25, 0.3) is 0 Å². The standard InChI is InChI=1S/C23H20N2O5/c24-21-18(30-12-14(27)11-26)10-17(25-13-6-2-1-3-7-13)19-20(21)23(29)16-9-5-4-8-15(16)22(19)28/h1-10,14,25-27H,11-12,24H2. The molecule has 4 rings (SSSR count). The molecule has 30 heavy (non-hydrogen) atoms. The summed E-state index contributed by atoms with van der Waals surface area (Å²) in [7, 11) is 0. The zero-order valence-electron chi connectivity index (χ0n) is 16.0. The van der Waals surface area contributed by atoms with E-state index in [-0.39, 0.29) is 46.3 Å². The van der Waals surface area contributed by atoms with Crippen LogP contribution in [0.15, 0.2) is 60.7 Å². The zero-order chi connectivity index (χ0) is 21.3. The fourth-order valence-corrected chi connectivity index (χ4v) is 3.43. The summed E-state index contributed by atoms with van der Waals surface area (Å²) in [6.45, 7) is -0.701. The highest BCUT2D eigenvalue weighted by molar-refractivity contribution is 6.32. The third-order valence-electron chi connectivity index (χ3n) is 4.89. The lowest BCUT2D eigenvalue weighted by atomic mass is 9.82. The summed E-state index contributed by atoms with van der Waals surface area (Å²) in [6.07, 6.45) is -1.11. The van der Waals surface area contributed by atoms with Gasteiger partial charge in [-0.25, -0.2) is 0 Å². The molecular formula is C23H20N2O5. The number of fused-ring (bicyclic) bond motifs is 2. The van der Waals surface area contributed by atoms with Gasteiger partial charge < -0.3 is 26.0 Å². The van der Waals surface area contributed by atoms with Crippen molar-refractivity contribution in [2.45, 2.75) is 6.10 Å². The van der Waals surface area contributed by atoms with Crippen LogP contribution in [0.3, 0.4) is 0 Å². The Labute approximate surface area is 172 Å². The van der Waals surface area contributed by atoms with Crippen molar-refractivity contribution in [1.82, 2.24) is 0 Å². The van der Waals surface area contributed by atoms with Crippen LogP contribution in [-0.4, -0.2) is 41.1 Å². The number of nitrogens with two attached hydrogens (primary N) is 1. The number of carbonyl (C=O) groups is 2. The summed E-state index contributed by atoms with van der Waals surface area (Å²) in [4.78, 5) is 26.5. The van der Waals surface area contributed by atoms with Gasteiger partial charge in [0, 0.05) is 22.9 Å². The van der Waals surface area contributed by atoms with Crippen LogP contribution in [0.4, 0.5) is 17.1 Å². The molecule has 0 radical (unpaired) electrons. The smallest absolute Gasteiger partial charge is 0.196 e. The molecule has 1 atom stereocenters. The van der Waals surface area contributed by atoms with Crippen LogP contribution in [0.1, 0.15) is 31.8 Å². The van der Waals surface area contributed by atoms with Crippen molar-refractivity contribution in [3.63, 3.8) is 0 Å². The van der Waals surface area contributed by atoms with E-state index in [1.165, 1.54) is 6.07 Å². The van der Waals surface area contributed by atoms with Crippen molar-refractivity contribution in [2.24, 2.45) is 0 Å².